The van der Waals surface area contributed by atoms with Gasteiger partial charge in [0.15, 0.2) is 6.10 Å². The van der Waals surface area contributed by atoms with Gasteiger partial charge >= 0.3 is 5.97 Å². The molecule has 3 nitrogen and oxygen atoms in total. The molecule has 0 N–H and O–H groups in total. The largest absolute Gasteiger partial charge is 0.425 e. The molecule has 1 heterocycles. The number of benzene rings is 1. The van der Waals surface area contributed by atoms with E-state index in [1.807, 2.05) is 25.1 Å². The van der Waals surface area contributed by atoms with E-state index >= 15 is 0 Å². The van der Waals surface area contributed by atoms with E-state index in [1.165, 1.54) is 0 Å². The molecule has 0 amide bonds. The van der Waals surface area contributed by atoms with Crippen LogP contribution in [0.3, 0.4) is 0 Å². The summed E-state index contributed by atoms with van der Waals surface area (Å²) in [7, 11) is 0. The highest BCUT2D eigenvalue weighted by atomic mass is 16.6. The number of hydrogen-bond acceptors (Lipinski definition) is 3. The average Bonchev–Trinajstić information content (AvgIpc) is 2.85. The Morgan fingerprint density at radius 1 is 1.62 bits per heavy atom. The molecule has 1 unspecified atom stereocenters. The zero-order chi connectivity index (χ0) is 9.26. The summed E-state index contributed by atoms with van der Waals surface area (Å²) in [4.78, 5) is 11.1. The quantitative estimate of drug-likeness (QED) is 0.389. The summed E-state index contributed by atoms with van der Waals surface area (Å²) in [5.74, 6) is 0.283. The van der Waals surface area contributed by atoms with E-state index in [0.717, 1.165) is 5.56 Å². The van der Waals surface area contributed by atoms with Crippen molar-refractivity contribution in [2.24, 2.45) is 0 Å². The highest BCUT2D eigenvalue weighted by Crippen LogP contribution is 2.16. The minimum Gasteiger partial charge on any atom is -0.425 e. The van der Waals surface area contributed by atoms with Gasteiger partial charge in [0.2, 0.25) is 0 Å². The summed E-state index contributed by atoms with van der Waals surface area (Å²) in [5.41, 5.74) is 1.07. The Hall–Kier alpha value is -1.35. The Morgan fingerprint density at radius 3 is 3.00 bits per heavy atom. The van der Waals surface area contributed by atoms with Crippen molar-refractivity contribution >= 4 is 5.97 Å². The maximum atomic E-state index is 11.1. The molecule has 68 valence electrons. The number of esters is 1. The van der Waals surface area contributed by atoms with E-state index in [-0.39, 0.29) is 12.1 Å². The minimum absolute atomic E-state index is 0.300. The van der Waals surface area contributed by atoms with Crippen LogP contribution in [0.5, 0.6) is 5.75 Å². The molecule has 1 aromatic rings. The second kappa shape index (κ2) is 3.18. The molecule has 0 bridgehead atoms. The third kappa shape index (κ3) is 2.06. The molecular weight excluding hydrogens is 168 g/mol. The van der Waals surface area contributed by atoms with Gasteiger partial charge in [-0.15, -0.1) is 0 Å². The number of carbonyl (C=O) groups is 1. The first-order chi connectivity index (χ1) is 6.25. The van der Waals surface area contributed by atoms with Gasteiger partial charge in [-0.3, -0.25) is 0 Å². The fraction of sp³-hybridized carbons (Fsp3) is 0.300. The maximum Gasteiger partial charge on any atom is 0.343 e. The Kier molecular flexibility index (Phi) is 2.02. The van der Waals surface area contributed by atoms with Gasteiger partial charge in [-0.1, -0.05) is 12.1 Å². The summed E-state index contributed by atoms with van der Waals surface area (Å²) >= 11 is 0. The lowest BCUT2D eigenvalue weighted by molar-refractivity contribution is -0.135. The van der Waals surface area contributed by atoms with E-state index in [2.05, 4.69) is 0 Å². The smallest absolute Gasteiger partial charge is 0.343 e. The van der Waals surface area contributed by atoms with Gasteiger partial charge in [-0.2, -0.15) is 0 Å². The molecule has 1 aliphatic rings. The molecule has 0 spiro atoms. The number of ether oxygens (including phenoxy) is 2. The lowest BCUT2D eigenvalue weighted by Gasteiger charge is -2.01. The van der Waals surface area contributed by atoms with Crippen molar-refractivity contribution < 1.29 is 14.3 Å². The third-order valence-electron chi connectivity index (χ3n) is 1.80. The molecule has 0 radical (unpaired) electrons. The van der Waals surface area contributed by atoms with Crippen molar-refractivity contribution in [2.45, 2.75) is 13.0 Å². The highest BCUT2D eigenvalue weighted by molar-refractivity contribution is 5.79. The van der Waals surface area contributed by atoms with Gasteiger partial charge in [0.25, 0.3) is 0 Å². The molecule has 13 heavy (non-hydrogen) atoms. The molecule has 1 atom stereocenters. The fourth-order valence-corrected chi connectivity index (χ4v) is 1.04. The van der Waals surface area contributed by atoms with Crippen LogP contribution in [0.2, 0.25) is 0 Å². The standard InChI is InChI=1S/C10H10O3/c1-7-3-2-4-8(5-7)13-10(11)9-6-12-9/h2-5,9H,6H2,1H3. The van der Waals surface area contributed by atoms with Gasteiger partial charge in [-0.25, -0.2) is 4.79 Å². The maximum absolute atomic E-state index is 11.1. The van der Waals surface area contributed by atoms with Gasteiger partial charge < -0.3 is 9.47 Å². The van der Waals surface area contributed by atoms with Crippen molar-refractivity contribution in [3.8, 4) is 5.75 Å². The molecular formula is C10H10O3. The second-order valence-corrected chi connectivity index (χ2v) is 3.06. The van der Waals surface area contributed by atoms with Crippen LogP contribution >= 0.6 is 0 Å². The summed E-state index contributed by atoms with van der Waals surface area (Å²) < 4.78 is 9.85. The topological polar surface area (TPSA) is 38.8 Å². The fourth-order valence-electron chi connectivity index (χ4n) is 1.04. The van der Waals surface area contributed by atoms with Gasteiger partial charge in [-0.05, 0) is 24.6 Å². The van der Waals surface area contributed by atoms with Crippen LogP contribution in [0.25, 0.3) is 0 Å². The van der Waals surface area contributed by atoms with Crippen LogP contribution in [0.15, 0.2) is 24.3 Å². The Labute approximate surface area is 76.3 Å². The Morgan fingerprint density at radius 2 is 2.38 bits per heavy atom. The van der Waals surface area contributed by atoms with Crippen LogP contribution in [0, 0.1) is 6.92 Å². The predicted octanol–water partition coefficient (Wildman–Crippen LogP) is 1.30. The summed E-state index contributed by atoms with van der Waals surface area (Å²) in [6.45, 7) is 2.44. The number of epoxide rings is 1. The first-order valence-corrected chi connectivity index (χ1v) is 4.16. The first kappa shape index (κ1) is 8.26. The summed E-state index contributed by atoms with van der Waals surface area (Å²) in [6.07, 6.45) is -0.333. The molecule has 2 rings (SSSR count). The number of hydrogen-bond donors (Lipinski definition) is 0. The zero-order valence-corrected chi connectivity index (χ0v) is 7.32. The van der Waals surface area contributed by atoms with Gasteiger partial charge in [0.1, 0.15) is 5.75 Å². The molecule has 1 aromatic carbocycles. The predicted molar refractivity (Wildman–Crippen MR) is 46.6 cm³/mol. The molecule has 0 aromatic heterocycles. The van der Waals surface area contributed by atoms with Crippen molar-refractivity contribution in [2.75, 3.05) is 6.61 Å². The highest BCUT2D eigenvalue weighted by Gasteiger charge is 2.33. The zero-order valence-electron chi connectivity index (χ0n) is 7.32. The molecule has 1 fully saturated rings. The lowest BCUT2D eigenvalue weighted by Crippen LogP contribution is -2.14. The number of aryl methyl sites for hydroxylation is 1. The monoisotopic (exact) mass is 178 g/mol. The van der Waals surface area contributed by atoms with Crippen LogP contribution in [0.4, 0.5) is 0 Å². The van der Waals surface area contributed by atoms with E-state index in [4.69, 9.17) is 9.47 Å². The molecule has 0 saturated carbocycles. The molecule has 1 saturated heterocycles. The lowest BCUT2D eigenvalue weighted by atomic mass is 10.2. The third-order valence-corrected chi connectivity index (χ3v) is 1.80. The van der Waals surface area contributed by atoms with Crippen LogP contribution in [0.1, 0.15) is 5.56 Å². The summed E-state index contributed by atoms with van der Waals surface area (Å²) in [5, 5.41) is 0. The Balaban J connectivity index is 2.04. The van der Waals surface area contributed by atoms with Crippen molar-refractivity contribution in [1.29, 1.82) is 0 Å². The second-order valence-electron chi connectivity index (χ2n) is 3.06. The van der Waals surface area contributed by atoms with Crippen LogP contribution in [-0.2, 0) is 9.53 Å². The minimum atomic E-state index is -0.333. The van der Waals surface area contributed by atoms with Crippen LogP contribution < -0.4 is 4.74 Å². The van der Waals surface area contributed by atoms with E-state index < -0.39 is 0 Å². The molecule has 1 aliphatic heterocycles. The van der Waals surface area contributed by atoms with Crippen molar-refractivity contribution in [3.63, 3.8) is 0 Å². The van der Waals surface area contributed by atoms with Crippen molar-refractivity contribution in [3.05, 3.63) is 29.8 Å². The normalized spacial score (nSPS) is 19.6. The van der Waals surface area contributed by atoms with E-state index in [0.29, 0.717) is 12.4 Å². The average molecular weight is 178 g/mol. The van der Waals surface area contributed by atoms with E-state index in [9.17, 15) is 4.79 Å². The molecule has 0 aliphatic carbocycles. The van der Waals surface area contributed by atoms with Gasteiger partial charge in [0, 0.05) is 0 Å². The summed E-state index contributed by atoms with van der Waals surface area (Å²) in [6, 6.07) is 7.38. The first-order valence-electron chi connectivity index (χ1n) is 4.16. The van der Waals surface area contributed by atoms with E-state index in [1.54, 1.807) is 6.07 Å². The van der Waals surface area contributed by atoms with Crippen LogP contribution in [-0.4, -0.2) is 18.7 Å². The van der Waals surface area contributed by atoms with Crippen molar-refractivity contribution in [1.82, 2.24) is 0 Å². The molecule has 3 heteroatoms. The Bertz CT molecular complexity index is 329. The SMILES string of the molecule is Cc1cccc(OC(=O)C2CO2)c1. The number of carbonyl (C=O) groups excluding carboxylic acids is 1. The number of rotatable bonds is 2. The van der Waals surface area contributed by atoms with Gasteiger partial charge in [0.05, 0.1) is 6.61 Å².